The van der Waals surface area contributed by atoms with Crippen LogP contribution < -0.4 is 11.1 Å². The summed E-state index contributed by atoms with van der Waals surface area (Å²) < 4.78 is 0. The van der Waals surface area contributed by atoms with Gasteiger partial charge in [0.15, 0.2) is 0 Å². The monoisotopic (exact) mass is 230 g/mol. The van der Waals surface area contributed by atoms with Crippen LogP contribution in [-0.2, 0) is 0 Å². The second-order valence-electron chi connectivity index (χ2n) is 3.60. The van der Waals surface area contributed by atoms with Gasteiger partial charge in [-0.2, -0.15) is 0 Å². The zero-order valence-electron chi connectivity index (χ0n) is 9.07. The number of rotatable bonds is 2. The van der Waals surface area contributed by atoms with E-state index in [1.54, 1.807) is 0 Å². The van der Waals surface area contributed by atoms with Crippen molar-refractivity contribution in [1.29, 1.82) is 0 Å². The standard InChI is InChI=1S/C13H14N2S/c1-15-11-4-2-3-9(7-11)10-5-6-12(14)13(16)8-10/h2-8,15-16H,14H2,1H3. The Morgan fingerprint density at radius 3 is 2.50 bits per heavy atom. The SMILES string of the molecule is CNc1cccc(-c2ccc(N)c(S)c2)c1. The Bertz CT molecular complexity index is 509. The Morgan fingerprint density at radius 1 is 1.06 bits per heavy atom. The molecular weight excluding hydrogens is 216 g/mol. The van der Waals surface area contributed by atoms with Crippen molar-refractivity contribution in [1.82, 2.24) is 0 Å². The van der Waals surface area contributed by atoms with Crippen molar-refractivity contribution in [3.63, 3.8) is 0 Å². The van der Waals surface area contributed by atoms with Crippen LogP contribution in [-0.4, -0.2) is 7.05 Å². The maximum Gasteiger partial charge on any atom is 0.0450 e. The fourth-order valence-electron chi connectivity index (χ4n) is 1.58. The molecule has 3 heteroatoms. The van der Waals surface area contributed by atoms with E-state index in [2.05, 4.69) is 30.1 Å². The minimum Gasteiger partial charge on any atom is -0.398 e. The lowest BCUT2D eigenvalue weighted by atomic mass is 10.0. The molecule has 0 aliphatic carbocycles. The highest BCUT2D eigenvalue weighted by Gasteiger charge is 2.01. The largest absolute Gasteiger partial charge is 0.398 e. The molecule has 0 amide bonds. The second-order valence-corrected chi connectivity index (χ2v) is 4.09. The minimum atomic E-state index is 0.705. The van der Waals surface area contributed by atoms with E-state index >= 15 is 0 Å². The van der Waals surface area contributed by atoms with Crippen molar-refractivity contribution in [3.05, 3.63) is 42.5 Å². The third-order valence-electron chi connectivity index (χ3n) is 2.52. The molecule has 0 radical (unpaired) electrons. The molecule has 0 aliphatic heterocycles. The number of hydrogen-bond acceptors (Lipinski definition) is 3. The van der Waals surface area contributed by atoms with Gasteiger partial charge in [-0.05, 0) is 35.4 Å². The molecule has 2 nitrogen and oxygen atoms in total. The highest BCUT2D eigenvalue weighted by molar-refractivity contribution is 7.80. The highest BCUT2D eigenvalue weighted by Crippen LogP contribution is 2.27. The quantitative estimate of drug-likeness (QED) is 0.547. The van der Waals surface area contributed by atoms with E-state index in [4.69, 9.17) is 5.73 Å². The lowest BCUT2D eigenvalue weighted by molar-refractivity contribution is 1.45. The van der Waals surface area contributed by atoms with Crippen LogP contribution in [0.2, 0.25) is 0 Å². The van der Waals surface area contributed by atoms with Gasteiger partial charge >= 0.3 is 0 Å². The smallest absolute Gasteiger partial charge is 0.0450 e. The van der Waals surface area contributed by atoms with Crippen molar-refractivity contribution in [3.8, 4) is 11.1 Å². The van der Waals surface area contributed by atoms with E-state index in [0.717, 1.165) is 21.7 Å². The molecule has 2 rings (SSSR count). The summed E-state index contributed by atoms with van der Waals surface area (Å²) in [5, 5.41) is 3.12. The predicted octanol–water partition coefficient (Wildman–Crippen LogP) is 3.27. The first-order chi connectivity index (χ1) is 7.70. The lowest BCUT2D eigenvalue weighted by Crippen LogP contribution is -1.89. The normalized spacial score (nSPS) is 10.1. The van der Waals surface area contributed by atoms with Crippen LogP contribution in [0.1, 0.15) is 0 Å². The fourth-order valence-corrected chi connectivity index (χ4v) is 1.79. The molecule has 3 N–H and O–H groups in total. The zero-order chi connectivity index (χ0) is 11.5. The van der Waals surface area contributed by atoms with Gasteiger partial charge in [0.25, 0.3) is 0 Å². The van der Waals surface area contributed by atoms with Crippen molar-refractivity contribution in [2.24, 2.45) is 0 Å². The highest BCUT2D eigenvalue weighted by atomic mass is 32.1. The molecule has 0 heterocycles. The van der Waals surface area contributed by atoms with Gasteiger partial charge in [0.05, 0.1) is 0 Å². The minimum absolute atomic E-state index is 0.705. The van der Waals surface area contributed by atoms with Crippen LogP contribution >= 0.6 is 12.6 Å². The Labute approximate surface area is 101 Å². The summed E-state index contributed by atoms with van der Waals surface area (Å²) in [6.45, 7) is 0. The van der Waals surface area contributed by atoms with Gasteiger partial charge < -0.3 is 11.1 Å². The molecule has 16 heavy (non-hydrogen) atoms. The number of thiol groups is 1. The Balaban J connectivity index is 2.46. The van der Waals surface area contributed by atoms with Gasteiger partial charge in [-0.15, -0.1) is 12.6 Å². The van der Waals surface area contributed by atoms with Crippen LogP contribution in [0.5, 0.6) is 0 Å². The third kappa shape index (κ3) is 2.14. The first-order valence-electron chi connectivity index (χ1n) is 5.07. The van der Waals surface area contributed by atoms with Crippen LogP contribution in [0.15, 0.2) is 47.4 Å². The number of nitrogens with one attached hydrogen (secondary N) is 1. The van der Waals surface area contributed by atoms with Gasteiger partial charge in [0.1, 0.15) is 0 Å². The summed E-state index contributed by atoms with van der Waals surface area (Å²) >= 11 is 4.33. The third-order valence-corrected chi connectivity index (χ3v) is 2.90. The van der Waals surface area contributed by atoms with Crippen LogP contribution in [0, 0.1) is 0 Å². The van der Waals surface area contributed by atoms with Gasteiger partial charge in [-0.3, -0.25) is 0 Å². The average molecular weight is 230 g/mol. The summed E-state index contributed by atoms with van der Waals surface area (Å²) in [5.74, 6) is 0. The Hall–Kier alpha value is -1.61. The van der Waals surface area contributed by atoms with E-state index < -0.39 is 0 Å². The van der Waals surface area contributed by atoms with E-state index in [1.807, 2.05) is 37.4 Å². The lowest BCUT2D eigenvalue weighted by Gasteiger charge is -2.07. The fraction of sp³-hybridized carbons (Fsp3) is 0.0769. The summed E-state index contributed by atoms with van der Waals surface area (Å²) in [7, 11) is 1.91. The molecule has 0 fully saturated rings. The number of benzene rings is 2. The summed E-state index contributed by atoms with van der Waals surface area (Å²) in [6.07, 6.45) is 0. The van der Waals surface area contributed by atoms with Gasteiger partial charge in [0.2, 0.25) is 0 Å². The number of hydrogen-bond donors (Lipinski definition) is 3. The summed E-state index contributed by atoms with van der Waals surface area (Å²) in [4.78, 5) is 0.812. The molecule has 0 saturated heterocycles. The van der Waals surface area contributed by atoms with E-state index in [9.17, 15) is 0 Å². The maximum absolute atomic E-state index is 5.73. The first-order valence-corrected chi connectivity index (χ1v) is 5.52. The molecule has 2 aromatic carbocycles. The first kappa shape index (κ1) is 10.9. The number of nitrogens with two attached hydrogens (primary N) is 1. The van der Waals surface area contributed by atoms with Crippen molar-refractivity contribution in [2.45, 2.75) is 4.90 Å². The molecule has 2 aromatic rings. The Kier molecular flexibility index (Phi) is 3.06. The molecule has 0 saturated carbocycles. The van der Waals surface area contributed by atoms with Crippen molar-refractivity contribution >= 4 is 24.0 Å². The molecule has 82 valence electrons. The van der Waals surface area contributed by atoms with Crippen molar-refractivity contribution in [2.75, 3.05) is 18.1 Å². The molecule has 0 unspecified atom stereocenters. The number of nitrogen functional groups attached to an aromatic ring is 1. The van der Waals surface area contributed by atoms with Gasteiger partial charge in [0, 0.05) is 23.3 Å². The van der Waals surface area contributed by atoms with Crippen LogP contribution in [0.4, 0.5) is 11.4 Å². The maximum atomic E-state index is 5.73. The van der Waals surface area contributed by atoms with Gasteiger partial charge in [-0.1, -0.05) is 18.2 Å². The molecule has 0 aromatic heterocycles. The summed E-state index contributed by atoms with van der Waals surface area (Å²) in [6, 6.07) is 14.1. The second kappa shape index (κ2) is 4.49. The molecule has 0 aliphatic rings. The van der Waals surface area contributed by atoms with Crippen LogP contribution in [0.25, 0.3) is 11.1 Å². The molecular formula is C13H14N2S. The van der Waals surface area contributed by atoms with E-state index in [0.29, 0.717) is 5.69 Å². The predicted molar refractivity (Wildman–Crippen MR) is 73.1 cm³/mol. The zero-order valence-corrected chi connectivity index (χ0v) is 9.96. The molecule has 0 atom stereocenters. The van der Waals surface area contributed by atoms with Crippen molar-refractivity contribution < 1.29 is 0 Å². The van der Waals surface area contributed by atoms with E-state index in [1.165, 1.54) is 0 Å². The topological polar surface area (TPSA) is 38.0 Å². The van der Waals surface area contributed by atoms with E-state index in [-0.39, 0.29) is 0 Å². The Morgan fingerprint density at radius 2 is 1.81 bits per heavy atom. The summed E-state index contributed by atoms with van der Waals surface area (Å²) in [5.41, 5.74) is 9.81. The average Bonchev–Trinajstić information content (AvgIpc) is 2.33. The van der Waals surface area contributed by atoms with Gasteiger partial charge in [-0.25, -0.2) is 0 Å². The van der Waals surface area contributed by atoms with Crippen LogP contribution in [0.3, 0.4) is 0 Å². The number of anilines is 2. The molecule has 0 bridgehead atoms. The molecule has 0 spiro atoms.